The van der Waals surface area contributed by atoms with Crippen molar-refractivity contribution in [2.45, 2.75) is 6.42 Å². The van der Waals surface area contributed by atoms with Crippen LogP contribution in [0.2, 0.25) is 0 Å². The zero-order valence-corrected chi connectivity index (χ0v) is 11.7. The molecule has 1 aromatic carbocycles. The Labute approximate surface area is 120 Å². The van der Waals surface area contributed by atoms with Gasteiger partial charge < -0.3 is 9.84 Å². The molecule has 0 unspecified atom stereocenters. The van der Waals surface area contributed by atoms with Gasteiger partial charge in [-0.3, -0.25) is 4.79 Å². The number of amides is 1. The van der Waals surface area contributed by atoms with Gasteiger partial charge in [-0.25, -0.2) is 5.43 Å². The number of phenolic OH excluding ortho intramolecular Hbond substituents is 1. The van der Waals surface area contributed by atoms with Crippen molar-refractivity contribution in [2.24, 2.45) is 5.10 Å². The molecule has 2 N–H and O–H groups in total. The van der Waals surface area contributed by atoms with Gasteiger partial charge in [-0.05, 0) is 35.2 Å². The Hall–Kier alpha value is -2.34. The van der Waals surface area contributed by atoms with Crippen LogP contribution in [0.4, 0.5) is 0 Å². The lowest BCUT2D eigenvalue weighted by Crippen LogP contribution is -2.19. The number of hydrogen-bond acceptors (Lipinski definition) is 5. The number of carbonyl (C=O) groups is 1. The SMILES string of the molecule is COc1cc(/C=N\NC(=O)Cc2cccs2)ccc1O. The molecule has 1 amide bonds. The van der Waals surface area contributed by atoms with Crippen LogP contribution in [0, 0.1) is 0 Å². The van der Waals surface area contributed by atoms with Crippen LogP contribution in [0.3, 0.4) is 0 Å². The van der Waals surface area contributed by atoms with Gasteiger partial charge in [0.05, 0.1) is 19.7 Å². The van der Waals surface area contributed by atoms with Crippen LogP contribution in [0.1, 0.15) is 10.4 Å². The molecule has 6 heteroatoms. The Morgan fingerprint density at radius 2 is 2.35 bits per heavy atom. The van der Waals surface area contributed by atoms with E-state index in [1.165, 1.54) is 30.7 Å². The van der Waals surface area contributed by atoms with E-state index in [9.17, 15) is 9.90 Å². The quantitative estimate of drug-likeness (QED) is 0.655. The third kappa shape index (κ3) is 3.83. The second-order valence-corrected chi connectivity index (χ2v) is 5.01. The van der Waals surface area contributed by atoms with Gasteiger partial charge in [-0.1, -0.05) is 6.07 Å². The van der Waals surface area contributed by atoms with Crippen LogP contribution in [0.5, 0.6) is 11.5 Å². The maximum Gasteiger partial charge on any atom is 0.245 e. The van der Waals surface area contributed by atoms with Gasteiger partial charge in [-0.15, -0.1) is 11.3 Å². The van der Waals surface area contributed by atoms with Crippen molar-refractivity contribution in [1.82, 2.24) is 5.43 Å². The van der Waals surface area contributed by atoms with Crippen LogP contribution >= 0.6 is 11.3 Å². The fraction of sp³-hybridized carbons (Fsp3) is 0.143. The van der Waals surface area contributed by atoms with E-state index in [0.29, 0.717) is 12.2 Å². The van der Waals surface area contributed by atoms with Gasteiger partial charge in [0, 0.05) is 4.88 Å². The fourth-order valence-electron chi connectivity index (χ4n) is 1.56. The minimum atomic E-state index is -0.172. The Morgan fingerprint density at radius 3 is 3.05 bits per heavy atom. The second-order valence-electron chi connectivity index (χ2n) is 3.98. The van der Waals surface area contributed by atoms with E-state index in [1.807, 2.05) is 17.5 Å². The molecule has 2 aromatic rings. The summed E-state index contributed by atoms with van der Waals surface area (Å²) in [6, 6.07) is 8.61. The van der Waals surface area contributed by atoms with E-state index in [1.54, 1.807) is 12.1 Å². The summed E-state index contributed by atoms with van der Waals surface area (Å²) >= 11 is 1.53. The van der Waals surface area contributed by atoms with Gasteiger partial charge in [0.2, 0.25) is 5.91 Å². The lowest BCUT2D eigenvalue weighted by atomic mass is 10.2. The van der Waals surface area contributed by atoms with Gasteiger partial charge in [0.25, 0.3) is 0 Å². The molecule has 0 aliphatic heterocycles. The standard InChI is InChI=1S/C14H14N2O3S/c1-19-13-7-10(4-5-12(13)17)9-15-16-14(18)8-11-3-2-6-20-11/h2-7,9,17H,8H2,1H3,(H,16,18)/b15-9-. The normalized spacial score (nSPS) is 10.7. The molecule has 1 heterocycles. The number of rotatable bonds is 5. The van der Waals surface area contributed by atoms with Gasteiger partial charge in [0.1, 0.15) is 0 Å². The predicted molar refractivity (Wildman–Crippen MR) is 78.4 cm³/mol. The van der Waals surface area contributed by atoms with Gasteiger partial charge in [-0.2, -0.15) is 5.10 Å². The van der Waals surface area contributed by atoms with Gasteiger partial charge >= 0.3 is 0 Å². The topological polar surface area (TPSA) is 70.9 Å². The van der Waals surface area contributed by atoms with Crippen LogP contribution in [-0.4, -0.2) is 24.3 Å². The first-order chi connectivity index (χ1) is 9.69. The van der Waals surface area contributed by atoms with E-state index < -0.39 is 0 Å². The van der Waals surface area contributed by atoms with E-state index in [4.69, 9.17) is 4.74 Å². The summed E-state index contributed by atoms with van der Waals surface area (Å²) in [6.45, 7) is 0. The average molecular weight is 290 g/mol. The number of thiophene rings is 1. The minimum Gasteiger partial charge on any atom is -0.504 e. The van der Waals surface area contributed by atoms with Crippen molar-refractivity contribution in [2.75, 3.05) is 7.11 Å². The number of aromatic hydroxyl groups is 1. The summed E-state index contributed by atoms with van der Waals surface area (Å²) < 4.78 is 4.99. The first-order valence-electron chi connectivity index (χ1n) is 5.90. The Kier molecular flexibility index (Phi) is 4.73. The summed E-state index contributed by atoms with van der Waals surface area (Å²) in [5.74, 6) is 0.250. The Bertz CT molecular complexity index is 609. The molecule has 0 saturated heterocycles. The van der Waals surface area contributed by atoms with Crippen molar-refractivity contribution in [3.8, 4) is 11.5 Å². The van der Waals surface area contributed by atoms with E-state index >= 15 is 0 Å². The number of hydrogen-bond donors (Lipinski definition) is 2. The number of hydrazone groups is 1. The van der Waals surface area contributed by atoms with E-state index in [-0.39, 0.29) is 11.7 Å². The van der Waals surface area contributed by atoms with Crippen LogP contribution in [0.25, 0.3) is 0 Å². The molecule has 0 fully saturated rings. The highest BCUT2D eigenvalue weighted by molar-refractivity contribution is 7.10. The number of ether oxygens (including phenoxy) is 1. The smallest absolute Gasteiger partial charge is 0.245 e. The second kappa shape index (κ2) is 6.72. The van der Waals surface area contributed by atoms with E-state index in [0.717, 1.165) is 10.4 Å². The molecule has 0 aliphatic carbocycles. The summed E-state index contributed by atoms with van der Waals surface area (Å²) in [5.41, 5.74) is 3.17. The molecular weight excluding hydrogens is 276 g/mol. The molecule has 104 valence electrons. The molecule has 0 saturated carbocycles. The average Bonchev–Trinajstić information content (AvgIpc) is 2.93. The molecular formula is C14H14N2O3S. The van der Waals surface area contributed by atoms with Crippen molar-refractivity contribution in [1.29, 1.82) is 0 Å². The summed E-state index contributed by atoms with van der Waals surface area (Å²) in [5, 5.41) is 15.2. The summed E-state index contributed by atoms with van der Waals surface area (Å²) in [6.07, 6.45) is 1.81. The zero-order valence-electron chi connectivity index (χ0n) is 10.9. The number of carbonyl (C=O) groups excluding carboxylic acids is 1. The van der Waals surface area contributed by atoms with Crippen LogP contribution in [0.15, 0.2) is 40.8 Å². The highest BCUT2D eigenvalue weighted by Gasteiger charge is 2.03. The first kappa shape index (κ1) is 14.1. The maximum atomic E-state index is 11.6. The number of phenols is 1. The third-order valence-electron chi connectivity index (χ3n) is 2.52. The molecule has 0 radical (unpaired) electrons. The Morgan fingerprint density at radius 1 is 1.50 bits per heavy atom. The predicted octanol–water partition coefficient (Wildman–Crippen LogP) is 2.16. The lowest BCUT2D eigenvalue weighted by Gasteiger charge is -2.03. The molecule has 5 nitrogen and oxygen atoms in total. The van der Waals surface area contributed by atoms with Gasteiger partial charge in [0.15, 0.2) is 11.5 Å². The van der Waals surface area contributed by atoms with Crippen LogP contribution < -0.4 is 10.2 Å². The highest BCUT2D eigenvalue weighted by atomic mass is 32.1. The largest absolute Gasteiger partial charge is 0.504 e. The molecule has 0 aliphatic rings. The summed E-state index contributed by atoms with van der Waals surface area (Å²) in [4.78, 5) is 12.6. The number of nitrogens with zero attached hydrogens (tertiary/aromatic N) is 1. The van der Waals surface area contributed by atoms with Crippen molar-refractivity contribution in [3.05, 3.63) is 46.2 Å². The Balaban J connectivity index is 1.91. The van der Waals surface area contributed by atoms with Crippen molar-refractivity contribution in [3.63, 3.8) is 0 Å². The number of nitrogens with one attached hydrogen (secondary N) is 1. The monoisotopic (exact) mass is 290 g/mol. The zero-order chi connectivity index (χ0) is 14.4. The van der Waals surface area contributed by atoms with Crippen molar-refractivity contribution < 1.29 is 14.6 Å². The molecule has 0 spiro atoms. The lowest BCUT2D eigenvalue weighted by molar-refractivity contribution is -0.120. The number of benzene rings is 1. The third-order valence-corrected chi connectivity index (χ3v) is 3.40. The first-order valence-corrected chi connectivity index (χ1v) is 6.78. The molecule has 0 bridgehead atoms. The van der Waals surface area contributed by atoms with E-state index in [2.05, 4.69) is 10.5 Å². The fourth-order valence-corrected chi connectivity index (χ4v) is 2.27. The van der Waals surface area contributed by atoms with Crippen LogP contribution in [-0.2, 0) is 11.2 Å². The molecule has 2 rings (SSSR count). The minimum absolute atomic E-state index is 0.0615. The van der Waals surface area contributed by atoms with Crippen molar-refractivity contribution >= 4 is 23.5 Å². The molecule has 20 heavy (non-hydrogen) atoms. The number of methoxy groups -OCH3 is 1. The maximum absolute atomic E-state index is 11.6. The molecule has 0 atom stereocenters. The highest BCUT2D eigenvalue weighted by Crippen LogP contribution is 2.25. The molecule has 1 aromatic heterocycles. The summed E-state index contributed by atoms with van der Waals surface area (Å²) in [7, 11) is 1.47.